The SMILES string of the molecule is N#Cc1ccc(COC(=O)c2ccc3c(c2)C(=O)N(Cc2ccco2)C3=O)cc1. The molecule has 1 aliphatic rings. The summed E-state index contributed by atoms with van der Waals surface area (Å²) in [7, 11) is 0. The van der Waals surface area contributed by atoms with Crippen molar-refractivity contribution in [3.8, 4) is 6.07 Å². The molecule has 0 N–H and O–H groups in total. The van der Waals surface area contributed by atoms with Gasteiger partial charge in [0.25, 0.3) is 11.8 Å². The fraction of sp³-hybridized carbons (Fsp3) is 0.0909. The zero-order valence-corrected chi connectivity index (χ0v) is 15.1. The van der Waals surface area contributed by atoms with Crippen LogP contribution < -0.4 is 0 Å². The molecular weight excluding hydrogens is 372 g/mol. The lowest BCUT2D eigenvalue weighted by Crippen LogP contribution is -2.28. The third-order valence-electron chi connectivity index (χ3n) is 4.55. The van der Waals surface area contributed by atoms with Crippen molar-refractivity contribution in [2.24, 2.45) is 0 Å². The molecule has 0 unspecified atom stereocenters. The molecule has 0 atom stereocenters. The van der Waals surface area contributed by atoms with Gasteiger partial charge in [-0.25, -0.2) is 4.79 Å². The maximum absolute atomic E-state index is 12.6. The van der Waals surface area contributed by atoms with Crippen LogP contribution in [0, 0.1) is 11.3 Å². The lowest BCUT2D eigenvalue weighted by atomic mass is 10.1. The summed E-state index contributed by atoms with van der Waals surface area (Å²) >= 11 is 0. The molecule has 0 spiro atoms. The fourth-order valence-corrected chi connectivity index (χ4v) is 3.03. The van der Waals surface area contributed by atoms with Crippen molar-refractivity contribution in [1.82, 2.24) is 4.90 Å². The first-order valence-corrected chi connectivity index (χ1v) is 8.75. The van der Waals surface area contributed by atoms with E-state index in [-0.39, 0.29) is 29.8 Å². The van der Waals surface area contributed by atoms with Crippen LogP contribution >= 0.6 is 0 Å². The van der Waals surface area contributed by atoms with Crippen LogP contribution in [0.5, 0.6) is 0 Å². The standard InChI is InChI=1S/C22H14N2O5/c23-11-14-3-5-15(6-4-14)13-29-22(27)16-7-8-18-19(10-16)21(26)24(20(18)25)12-17-2-1-9-28-17/h1-10H,12-13H2. The van der Waals surface area contributed by atoms with Gasteiger partial charge in [0.15, 0.2) is 0 Å². The Labute approximate surface area is 165 Å². The summed E-state index contributed by atoms with van der Waals surface area (Å²) < 4.78 is 10.5. The third kappa shape index (κ3) is 3.51. The summed E-state index contributed by atoms with van der Waals surface area (Å²) in [5, 5.41) is 8.81. The average molecular weight is 386 g/mol. The molecule has 29 heavy (non-hydrogen) atoms. The predicted octanol–water partition coefficient (Wildman–Crippen LogP) is 3.30. The molecule has 7 heteroatoms. The highest BCUT2D eigenvalue weighted by Crippen LogP contribution is 2.26. The van der Waals surface area contributed by atoms with Crippen LogP contribution in [0.25, 0.3) is 0 Å². The van der Waals surface area contributed by atoms with Gasteiger partial charge in [-0.2, -0.15) is 5.26 Å². The highest BCUT2D eigenvalue weighted by molar-refractivity contribution is 6.21. The number of nitriles is 1. The van der Waals surface area contributed by atoms with Crippen LogP contribution in [0.15, 0.2) is 65.3 Å². The highest BCUT2D eigenvalue weighted by atomic mass is 16.5. The Morgan fingerprint density at radius 3 is 2.48 bits per heavy atom. The fourth-order valence-electron chi connectivity index (χ4n) is 3.03. The molecule has 0 fully saturated rings. The summed E-state index contributed by atoms with van der Waals surface area (Å²) in [4.78, 5) is 38.6. The van der Waals surface area contributed by atoms with Crippen LogP contribution in [0.1, 0.15) is 48.0 Å². The summed E-state index contributed by atoms with van der Waals surface area (Å²) in [6.07, 6.45) is 1.47. The summed E-state index contributed by atoms with van der Waals surface area (Å²) in [6.45, 7) is 0.0525. The molecule has 0 saturated heterocycles. The molecule has 3 aromatic rings. The molecule has 142 valence electrons. The van der Waals surface area contributed by atoms with E-state index in [9.17, 15) is 14.4 Å². The van der Waals surface area contributed by atoms with E-state index >= 15 is 0 Å². The second-order valence-corrected chi connectivity index (χ2v) is 6.42. The van der Waals surface area contributed by atoms with E-state index in [4.69, 9.17) is 14.4 Å². The van der Waals surface area contributed by atoms with Gasteiger partial charge in [-0.3, -0.25) is 14.5 Å². The first kappa shape index (κ1) is 18.2. The Hall–Kier alpha value is -4.18. The van der Waals surface area contributed by atoms with Crippen LogP contribution in [0.4, 0.5) is 0 Å². The maximum atomic E-state index is 12.6. The number of hydrogen-bond donors (Lipinski definition) is 0. The number of fused-ring (bicyclic) bond motifs is 1. The van der Waals surface area contributed by atoms with E-state index in [1.165, 1.54) is 24.5 Å². The molecule has 2 aromatic carbocycles. The molecule has 0 saturated carbocycles. The van der Waals surface area contributed by atoms with Crippen LogP contribution in [-0.4, -0.2) is 22.7 Å². The highest BCUT2D eigenvalue weighted by Gasteiger charge is 2.36. The lowest BCUT2D eigenvalue weighted by Gasteiger charge is -2.11. The van der Waals surface area contributed by atoms with E-state index in [0.29, 0.717) is 11.3 Å². The monoisotopic (exact) mass is 386 g/mol. The minimum absolute atomic E-state index is 0.0256. The molecule has 2 amide bonds. The zero-order valence-electron chi connectivity index (χ0n) is 15.1. The van der Waals surface area contributed by atoms with Crippen molar-refractivity contribution in [1.29, 1.82) is 5.26 Å². The van der Waals surface area contributed by atoms with Gasteiger partial charge in [-0.15, -0.1) is 0 Å². The number of imide groups is 1. The van der Waals surface area contributed by atoms with E-state index in [1.807, 2.05) is 6.07 Å². The van der Waals surface area contributed by atoms with Gasteiger partial charge in [-0.1, -0.05) is 12.1 Å². The number of nitrogens with zero attached hydrogens (tertiary/aromatic N) is 2. The summed E-state index contributed by atoms with van der Waals surface area (Å²) in [5.41, 5.74) is 1.83. The van der Waals surface area contributed by atoms with E-state index in [0.717, 1.165) is 10.5 Å². The van der Waals surface area contributed by atoms with Crippen molar-refractivity contribution in [3.05, 3.63) is 94.4 Å². The van der Waals surface area contributed by atoms with Gasteiger partial charge in [-0.05, 0) is 48.0 Å². The Kier molecular flexibility index (Phi) is 4.67. The number of hydrogen-bond acceptors (Lipinski definition) is 6. The molecule has 0 radical (unpaired) electrons. The first-order chi connectivity index (χ1) is 14.1. The molecule has 0 aliphatic carbocycles. The number of benzene rings is 2. The van der Waals surface area contributed by atoms with Crippen molar-refractivity contribution >= 4 is 17.8 Å². The Morgan fingerprint density at radius 2 is 1.79 bits per heavy atom. The number of furan rings is 1. The van der Waals surface area contributed by atoms with E-state index in [1.54, 1.807) is 36.4 Å². The lowest BCUT2D eigenvalue weighted by molar-refractivity contribution is 0.0472. The number of ether oxygens (including phenoxy) is 1. The maximum Gasteiger partial charge on any atom is 0.338 e. The minimum Gasteiger partial charge on any atom is -0.467 e. The second kappa shape index (κ2) is 7.44. The predicted molar refractivity (Wildman–Crippen MR) is 99.6 cm³/mol. The van der Waals surface area contributed by atoms with E-state index < -0.39 is 17.8 Å². The van der Waals surface area contributed by atoms with Crippen molar-refractivity contribution in [2.75, 3.05) is 0 Å². The van der Waals surface area contributed by atoms with Gasteiger partial charge in [0.2, 0.25) is 0 Å². The average Bonchev–Trinajstić information content (AvgIpc) is 3.35. The quantitative estimate of drug-likeness (QED) is 0.493. The molecule has 1 aliphatic heterocycles. The van der Waals surface area contributed by atoms with Gasteiger partial charge in [0.05, 0.1) is 41.1 Å². The topological polar surface area (TPSA) is 101 Å². The first-order valence-electron chi connectivity index (χ1n) is 8.75. The summed E-state index contributed by atoms with van der Waals surface area (Å²) in [5.74, 6) is -1.04. The van der Waals surface area contributed by atoms with Crippen molar-refractivity contribution in [3.63, 3.8) is 0 Å². The Bertz CT molecular complexity index is 1140. The van der Waals surface area contributed by atoms with Crippen molar-refractivity contribution < 1.29 is 23.5 Å². The minimum atomic E-state index is -0.609. The molecular formula is C22H14N2O5. The van der Waals surface area contributed by atoms with Gasteiger partial charge in [0, 0.05) is 0 Å². The second-order valence-electron chi connectivity index (χ2n) is 6.42. The van der Waals surface area contributed by atoms with E-state index in [2.05, 4.69) is 0 Å². The van der Waals surface area contributed by atoms with Crippen LogP contribution in [0.2, 0.25) is 0 Å². The number of carbonyl (C=O) groups is 3. The number of rotatable bonds is 5. The molecule has 2 heterocycles. The molecule has 7 nitrogen and oxygen atoms in total. The third-order valence-corrected chi connectivity index (χ3v) is 4.55. The number of amides is 2. The Balaban J connectivity index is 1.47. The number of esters is 1. The molecule has 4 rings (SSSR count). The molecule has 0 bridgehead atoms. The molecule has 1 aromatic heterocycles. The number of carbonyl (C=O) groups excluding carboxylic acids is 3. The largest absolute Gasteiger partial charge is 0.467 e. The summed E-state index contributed by atoms with van der Waals surface area (Å²) in [6, 6.07) is 16.3. The Morgan fingerprint density at radius 1 is 1.03 bits per heavy atom. The van der Waals surface area contributed by atoms with Crippen LogP contribution in [-0.2, 0) is 17.9 Å². The van der Waals surface area contributed by atoms with Gasteiger partial charge < -0.3 is 9.15 Å². The van der Waals surface area contributed by atoms with Gasteiger partial charge >= 0.3 is 5.97 Å². The van der Waals surface area contributed by atoms with Gasteiger partial charge in [0.1, 0.15) is 12.4 Å². The van der Waals surface area contributed by atoms with Crippen LogP contribution in [0.3, 0.4) is 0 Å². The zero-order chi connectivity index (χ0) is 20.4. The normalized spacial score (nSPS) is 12.6. The van der Waals surface area contributed by atoms with Crippen molar-refractivity contribution in [2.45, 2.75) is 13.2 Å². The smallest absolute Gasteiger partial charge is 0.338 e.